The Labute approximate surface area is 173 Å². The molecule has 2 N–H and O–H groups in total. The Bertz CT molecular complexity index is 974. The molecule has 0 bridgehead atoms. The van der Waals surface area contributed by atoms with Crippen LogP contribution in [0.1, 0.15) is 20.7 Å². The average Bonchev–Trinajstić information content (AvgIpc) is 2.73. The molecule has 0 saturated carbocycles. The van der Waals surface area contributed by atoms with E-state index >= 15 is 0 Å². The summed E-state index contributed by atoms with van der Waals surface area (Å²) in [5.74, 6) is -0.469. The van der Waals surface area contributed by atoms with Gasteiger partial charge in [-0.3, -0.25) is 9.59 Å². The number of amides is 2. The van der Waals surface area contributed by atoms with Crippen LogP contribution in [0.5, 0.6) is 0 Å². The molecule has 3 aromatic rings. The summed E-state index contributed by atoms with van der Waals surface area (Å²) in [5, 5.41) is 6.23. The third kappa shape index (κ3) is 5.12. The molecule has 4 nitrogen and oxygen atoms in total. The number of hydrogen-bond donors (Lipinski definition) is 2. The first-order chi connectivity index (χ1) is 13.5. The molecule has 28 heavy (non-hydrogen) atoms. The van der Waals surface area contributed by atoms with Crippen molar-refractivity contribution in [3.05, 3.63) is 94.0 Å². The molecule has 0 atom stereocenters. The van der Waals surface area contributed by atoms with Crippen LogP contribution in [0.3, 0.4) is 0 Å². The Kier molecular flexibility index (Phi) is 6.69. The Morgan fingerprint density at radius 3 is 1.79 bits per heavy atom. The highest BCUT2D eigenvalue weighted by atomic mass is 35.5. The summed E-state index contributed by atoms with van der Waals surface area (Å²) in [6.07, 6.45) is 0. The molecule has 0 unspecified atom stereocenters. The van der Waals surface area contributed by atoms with Gasteiger partial charge in [0.05, 0.1) is 10.0 Å². The number of nitrogens with one attached hydrogen (secondary N) is 2. The van der Waals surface area contributed by atoms with E-state index in [-0.39, 0.29) is 11.8 Å². The van der Waals surface area contributed by atoms with E-state index in [4.69, 9.17) is 23.2 Å². The fourth-order valence-corrected chi connectivity index (χ4v) is 2.94. The zero-order valence-corrected chi connectivity index (χ0v) is 16.4. The molecule has 0 aliphatic carbocycles. The van der Waals surface area contributed by atoms with E-state index in [1.54, 1.807) is 24.3 Å². The van der Waals surface area contributed by atoms with Crippen molar-refractivity contribution in [2.24, 2.45) is 0 Å². The van der Waals surface area contributed by atoms with Gasteiger partial charge in [-0.2, -0.15) is 0 Å². The lowest BCUT2D eigenvalue weighted by atomic mass is 10.0. The van der Waals surface area contributed by atoms with Gasteiger partial charge in [0.1, 0.15) is 0 Å². The first-order valence-corrected chi connectivity index (χ1v) is 9.47. The molecule has 6 heteroatoms. The van der Waals surface area contributed by atoms with E-state index in [0.29, 0.717) is 34.3 Å². The molecule has 3 rings (SSSR count). The van der Waals surface area contributed by atoms with Crippen LogP contribution in [0.2, 0.25) is 10.0 Å². The van der Waals surface area contributed by atoms with Crippen LogP contribution >= 0.6 is 23.2 Å². The first kappa shape index (κ1) is 19.9. The summed E-state index contributed by atoms with van der Waals surface area (Å²) in [5.41, 5.74) is 3.12. The van der Waals surface area contributed by atoms with Crippen molar-refractivity contribution >= 4 is 35.0 Å². The highest BCUT2D eigenvalue weighted by molar-refractivity contribution is 6.42. The van der Waals surface area contributed by atoms with Crippen molar-refractivity contribution in [2.75, 3.05) is 13.1 Å². The molecular weight excluding hydrogens is 395 g/mol. The molecule has 0 aliphatic rings. The Hall–Kier alpha value is -2.82. The number of carbonyl (C=O) groups excluding carboxylic acids is 2. The second-order valence-corrected chi connectivity index (χ2v) is 6.90. The van der Waals surface area contributed by atoms with E-state index in [9.17, 15) is 9.59 Å². The van der Waals surface area contributed by atoms with Crippen molar-refractivity contribution < 1.29 is 9.59 Å². The summed E-state index contributed by atoms with van der Waals surface area (Å²) in [6, 6.07) is 22.0. The number of carbonyl (C=O) groups is 2. The first-order valence-electron chi connectivity index (χ1n) is 8.71. The normalized spacial score (nSPS) is 10.4. The minimum absolute atomic E-state index is 0.191. The monoisotopic (exact) mass is 412 g/mol. The minimum Gasteiger partial charge on any atom is -0.350 e. The van der Waals surface area contributed by atoms with Crippen LogP contribution in [0.15, 0.2) is 72.8 Å². The Morgan fingerprint density at radius 2 is 1.18 bits per heavy atom. The third-order valence-corrected chi connectivity index (χ3v) is 4.87. The van der Waals surface area contributed by atoms with Crippen molar-refractivity contribution in [1.29, 1.82) is 0 Å². The van der Waals surface area contributed by atoms with E-state index in [2.05, 4.69) is 10.6 Å². The zero-order chi connectivity index (χ0) is 19.9. The quantitative estimate of drug-likeness (QED) is 0.570. The number of rotatable bonds is 6. The third-order valence-electron chi connectivity index (χ3n) is 4.13. The van der Waals surface area contributed by atoms with Gasteiger partial charge in [0, 0.05) is 24.2 Å². The topological polar surface area (TPSA) is 58.2 Å². The second-order valence-electron chi connectivity index (χ2n) is 6.08. The van der Waals surface area contributed by atoms with Crippen LogP contribution < -0.4 is 10.6 Å². The highest BCUT2D eigenvalue weighted by Crippen LogP contribution is 2.22. The summed E-state index contributed by atoms with van der Waals surface area (Å²) < 4.78 is 0. The predicted octanol–water partition coefficient (Wildman–Crippen LogP) is 4.82. The molecule has 0 fully saturated rings. The van der Waals surface area contributed by atoms with E-state index in [1.165, 1.54) is 6.07 Å². The molecule has 0 heterocycles. The molecule has 142 valence electrons. The number of halogens is 2. The Balaban J connectivity index is 1.47. The van der Waals surface area contributed by atoms with Crippen LogP contribution in [-0.4, -0.2) is 24.9 Å². The van der Waals surface area contributed by atoms with Crippen molar-refractivity contribution in [3.8, 4) is 11.1 Å². The second kappa shape index (κ2) is 9.40. The van der Waals surface area contributed by atoms with Gasteiger partial charge in [-0.1, -0.05) is 65.7 Å². The molecule has 0 spiro atoms. The molecule has 0 saturated heterocycles. The van der Waals surface area contributed by atoms with Gasteiger partial charge in [0.15, 0.2) is 0 Å². The maximum absolute atomic E-state index is 12.2. The van der Waals surface area contributed by atoms with Gasteiger partial charge in [0.25, 0.3) is 11.8 Å². The van der Waals surface area contributed by atoms with Crippen LogP contribution in [-0.2, 0) is 0 Å². The summed E-state index contributed by atoms with van der Waals surface area (Å²) in [7, 11) is 0. The average molecular weight is 413 g/mol. The molecular formula is C22H18Cl2N2O2. The maximum Gasteiger partial charge on any atom is 0.251 e. The van der Waals surface area contributed by atoms with Gasteiger partial charge in [0.2, 0.25) is 0 Å². The fraction of sp³-hybridized carbons (Fsp3) is 0.0909. The van der Waals surface area contributed by atoms with Gasteiger partial charge >= 0.3 is 0 Å². The lowest BCUT2D eigenvalue weighted by molar-refractivity contribution is 0.0927. The number of benzene rings is 3. The largest absolute Gasteiger partial charge is 0.350 e. The predicted molar refractivity (Wildman–Crippen MR) is 113 cm³/mol. The molecule has 3 aromatic carbocycles. The lowest BCUT2D eigenvalue weighted by Gasteiger charge is -2.08. The smallest absolute Gasteiger partial charge is 0.251 e. The highest BCUT2D eigenvalue weighted by Gasteiger charge is 2.09. The van der Waals surface area contributed by atoms with Crippen molar-refractivity contribution in [2.45, 2.75) is 0 Å². The standard InChI is InChI=1S/C22H18Cl2N2O2/c23-19-11-10-18(14-20(19)24)22(28)26-13-12-25-21(27)17-8-6-16(7-9-17)15-4-2-1-3-5-15/h1-11,14H,12-13H2,(H,25,27)(H,26,28). The summed E-state index contributed by atoms with van der Waals surface area (Å²) in [4.78, 5) is 24.3. The van der Waals surface area contributed by atoms with Gasteiger partial charge in [-0.05, 0) is 41.5 Å². The maximum atomic E-state index is 12.2. The van der Waals surface area contributed by atoms with E-state index in [0.717, 1.165) is 11.1 Å². The fourth-order valence-electron chi connectivity index (χ4n) is 2.64. The van der Waals surface area contributed by atoms with Crippen LogP contribution in [0.25, 0.3) is 11.1 Å². The van der Waals surface area contributed by atoms with E-state index in [1.807, 2.05) is 42.5 Å². The molecule has 0 radical (unpaired) electrons. The molecule has 2 amide bonds. The lowest BCUT2D eigenvalue weighted by Crippen LogP contribution is -2.34. The summed E-state index contributed by atoms with van der Waals surface area (Å²) in [6.45, 7) is 0.610. The Morgan fingerprint density at radius 1 is 0.643 bits per heavy atom. The van der Waals surface area contributed by atoms with Crippen LogP contribution in [0, 0.1) is 0 Å². The van der Waals surface area contributed by atoms with Gasteiger partial charge < -0.3 is 10.6 Å². The number of hydrogen-bond acceptors (Lipinski definition) is 2. The van der Waals surface area contributed by atoms with Gasteiger partial charge in [-0.25, -0.2) is 0 Å². The van der Waals surface area contributed by atoms with Gasteiger partial charge in [-0.15, -0.1) is 0 Å². The van der Waals surface area contributed by atoms with Crippen molar-refractivity contribution in [1.82, 2.24) is 10.6 Å². The minimum atomic E-state index is -0.278. The van der Waals surface area contributed by atoms with Crippen LogP contribution in [0.4, 0.5) is 0 Å². The SMILES string of the molecule is O=C(NCCNC(=O)c1ccc(Cl)c(Cl)c1)c1ccc(-c2ccccc2)cc1. The van der Waals surface area contributed by atoms with E-state index < -0.39 is 0 Å². The van der Waals surface area contributed by atoms with Crippen molar-refractivity contribution in [3.63, 3.8) is 0 Å². The summed E-state index contributed by atoms with van der Waals surface area (Å²) >= 11 is 11.7. The zero-order valence-electron chi connectivity index (χ0n) is 14.9. The molecule has 0 aliphatic heterocycles. The molecule has 0 aromatic heterocycles.